The second-order valence-corrected chi connectivity index (χ2v) is 13.1. The Morgan fingerprint density at radius 1 is 0.833 bits per heavy atom. The van der Waals surface area contributed by atoms with Crippen LogP contribution in [0.4, 0.5) is 0 Å². The van der Waals surface area contributed by atoms with E-state index in [1.165, 1.54) is 44.9 Å². The number of hydrogen-bond acceptors (Lipinski definition) is 3. The molecular formula is C27H44O3. The number of rotatable bonds is 0. The molecule has 4 aliphatic carbocycles. The summed E-state index contributed by atoms with van der Waals surface area (Å²) in [6, 6.07) is 0. The summed E-state index contributed by atoms with van der Waals surface area (Å²) in [5, 5.41) is 10.3. The van der Waals surface area contributed by atoms with Gasteiger partial charge in [-0.3, -0.25) is 0 Å². The molecular weight excluding hydrogens is 372 g/mol. The predicted octanol–water partition coefficient (Wildman–Crippen LogP) is 5.79. The highest BCUT2D eigenvalue weighted by Crippen LogP contribution is 2.71. The van der Waals surface area contributed by atoms with Crippen LogP contribution < -0.4 is 0 Å². The van der Waals surface area contributed by atoms with E-state index in [-0.39, 0.29) is 11.9 Å². The van der Waals surface area contributed by atoms with Crippen LogP contribution in [0.15, 0.2) is 0 Å². The lowest BCUT2D eigenvalue weighted by atomic mass is 9.44. The van der Waals surface area contributed by atoms with Gasteiger partial charge in [0.05, 0.1) is 18.8 Å². The molecule has 3 nitrogen and oxygen atoms in total. The largest absolute Gasteiger partial charge is 0.393 e. The molecule has 0 bridgehead atoms. The maximum Gasteiger partial charge on any atom is 0.171 e. The van der Waals surface area contributed by atoms with Gasteiger partial charge in [0.25, 0.3) is 0 Å². The van der Waals surface area contributed by atoms with Crippen LogP contribution in [-0.2, 0) is 9.47 Å². The molecule has 4 saturated carbocycles. The molecule has 0 radical (unpaired) electrons. The topological polar surface area (TPSA) is 38.7 Å². The fraction of sp³-hybridized carbons (Fsp3) is 1.00. The predicted molar refractivity (Wildman–Crippen MR) is 118 cm³/mol. The fourth-order valence-corrected chi connectivity index (χ4v) is 10.3. The van der Waals surface area contributed by atoms with E-state index < -0.39 is 0 Å². The Bertz CT molecular complexity index is 684. The molecule has 12 atom stereocenters. The summed E-state index contributed by atoms with van der Waals surface area (Å²) in [5.41, 5.74) is 0.899. The number of aliphatic hydroxyl groups excluding tert-OH is 1. The molecule has 0 amide bonds. The Morgan fingerprint density at radius 3 is 2.40 bits per heavy atom. The third kappa shape index (κ3) is 2.61. The van der Waals surface area contributed by atoms with E-state index in [9.17, 15) is 5.11 Å². The highest BCUT2D eigenvalue weighted by molar-refractivity contribution is 5.15. The van der Waals surface area contributed by atoms with E-state index in [1.54, 1.807) is 0 Å². The Kier molecular flexibility index (Phi) is 4.58. The van der Waals surface area contributed by atoms with Crippen molar-refractivity contribution in [3.63, 3.8) is 0 Å². The quantitative estimate of drug-likeness (QED) is 0.543. The average Bonchev–Trinajstić information content (AvgIpc) is 3.16. The Morgan fingerprint density at radius 2 is 1.63 bits per heavy atom. The van der Waals surface area contributed by atoms with Crippen LogP contribution in [0.3, 0.4) is 0 Å². The molecule has 3 heteroatoms. The van der Waals surface area contributed by atoms with Gasteiger partial charge < -0.3 is 14.6 Å². The number of ether oxygens (including phenoxy) is 2. The fourth-order valence-electron chi connectivity index (χ4n) is 10.3. The first-order chi connectivity index (χ1) is 14.3. The molecule has 30 heavy (non-hydrogen) atoms. The zero-order valence-corrected chi connectivity index (χ0v) is 19.7. The van der Waals surface area contributed by atoms with E-state index in [0.717, 1.165) is 49.5 Å². The van der Waals surface area contributed by atoms with Crippen molar-refractivity contribution >= 4 is 0 Å². The van der Waals surface area contributed by atoms with Crippen molar-refractivity contribution in [2.24, 2.45) is 52.3 Å². The zero-order chi connectivity index (χ0) is 20.9. The van der Waals surface area contributed by atoms with Crippen LogP contribution in [0, 0.1) is 52.3 Å². The lowest BCUT2D eigenvalue weighted by molar-refractivity contribution is -0.273. The third-order valence-corrected chi connectivity index (χ3v) is 11.9. The second kappa shape index (κ2) is 6.70. The molecule has 0 aromatic carbocycles. The van der Waals surface area contributed by atoms with Gasteiger partial charge in [-0.25, -0.2) is 0 Å². The molecule has 6 aliphatic rings. The van der Waals surface area contributed by atoms with E-state index in [2.05, 4.69) is 27.7 Å². The molecule has 1 N–H and O–H groups in total. The minimum atomic E-state index is -0.282. The summed E-state index contributed by atoms with van der Waals surface area (Å²) in [6.45, 7) is 10.9. The van der Waals surface area contributed by atoms with Gasteiger partial charge in [-0.1, -0.05) is 27.7 Å². The van der Waals surface area contributed by atoms with Crippen molar-refractivity contribution in [3.8, 4) is 0 Å². The summed E-state index contributed by atoms with van der Waals surface area (Å²) in [6.07, 6.45) is 12.9. The molecule has 0 aromatic heterocycles. The van der Waals surface area contributed by atoms with Gasteiger partial charge in [0.2, 0.25) is 0 Å². The summed E-state index contributed by atoms with van der Waals surface area (Å²) in [7, 11) is 0. The van der Waals surface area contributed by atoms with Crippen molar-refractivity contribution in [2.45, 2.75) is 110 Å². The summed E-state index contributed by atoms with van der Waals surface area (Å²) in [4.78, 5) is 0. The summed E-state index contributed by atoms with van der Waals surface area (Å²) >= 11 is 0. The Labute approximate surface area is 183 Å². The monoisotopic (exact) mass is 416 g/mol. The summed E-state index contributed by atoms with van der Waals surface area (Å²) < 4.78 is 13.4. The van der Waals surface area contributed by atoms with Crippen molar-refractivity contribution in [3.05, 3.63) is 0 Å². The molecule has 1 spiro atoms. The average molecular weight is 417 g/mol. The van der Waals surface area contributed by atoms with E-state index in [4.69, 9.17) is 9.47 Å². The number of hydrogen-bond donors (Lipinski definition) is 1. The van der Waals surface area contributed by atoms with Crippen LogP contribution >= 0.6 is 0 Å². The van der Waals surface area contributed by atoms with Crippen LogP contribution in [0.5, 0.6) is 0 Å². The van der Waals surface area contributed by atoms with Crippen LogP contribution in [-0.4, -0.2) is 29.7 Å². The minimum Gasteiger partial charge on any atom is -0.393 e. The van der Waals surface area contributed by atoms with Gasteiger partial charge in [-0.05, 0) is 104 Å². The SMILES string of the molecule is C[C@H]1CC[C@@]2(OC1)O[C@H]1C[C@@H]3C4CCC5C[C@H](O)CC[C@]5(C)[C@H]4CC[C@]3(C)[C@H]1[C@@H]2C. The van der Waals surface area contributed by atoms with E-state index >= 15 is 0 Å². The van der Waals surface area contributed by atoms with Crippen molar-refractivity contribution in [1.29, 1.82) is 0 Å². The van der Waals surface area contributed by atoms with Gasteiger partial charge in [0.1, 0.15) is 0 Å². The van der Waals surface area contributed by atoms with Crippen LogP contribution in [0.1, 0.15) is 91.9 Å². The van der Waals surface area contributed by atoms with Gasteiger partial charge in [0.15, 0.2) is 5.79 Å². The maximum absolute atomic E-state index is 10.3. The van der Waals surface area contributed by atoms with Crippen molar-refractivity contribution in [1.82, 2.24) is 0 Å². The first kappa shape index (κ1) is 20.5. The van der Waals surface area contributed by atoms with Gasteiger partial charge in [0, 0.05) is 12.3 Å². The van der Waals surface area contributed by atoms with Crippen molar-refractivity contribution in [2.75, 3.05) is 6.61 Å². The zero-order valence-electron chi connectivity index (χ0n) is 19.7. The first-order valence-electron chi connectivity index (χ1n) is 13.3. The van der Waals surface area contributed by atoms with E-state index in [1.807, 2.05) is 0 Å². The Hall–Kier alpha value is -0.120. The smallest absolute Gasteiger partial charge is 0.171 e. The van der Waals surface area contributed by atoms with E-state index in [0.29, 0.717) is 34.7 Å². The lowest BCUT2D eigenvalue weighted by Gasteiger charge is -2.61. The highest BCUT2D eigenvalue weighted by atomic mass is 16.7. The second-order valence-electron chi connectivity index (χ2n) is 13.1. The molecule has 2 heterocycles. The van der Waals surface area contributed by atoms with Gasteiger partial charge in [-0.2, -0.15) is 0 Å². The van der Waals surface area contributed by atoms with Crippen molar-refractivity contribution < 1.29 is 14.6 Å². The van der Waals surface area contributed by atoms with Gasteiger partial charge in [-0.15, -0.1) is 0 Å². The third-order valence-electron chi connectivity index (χ3n) is 11.9. The molecule has 6 fully saturated rings. The normalized spacial score (nSPS) is 62.5. The molecule has 170 valence electrons. The minimum absolute atomic E-state index is 0.0389. The van der Waals surface area contributed by atoms with Crippen LogP contribution in [0.25, 0.3) is 0 Å². The summed E-state index contributed by atoms with van der Waals surface area (Å²) in [5.74, 6) is 4.93. The Balaban J connectivity index is 1.26. The number of aliphatic hydroxyl groups is 1. The molecule has 2 saturated heterocycles. The standard InChI is InChI=1S/C27H44O3/c1-16-7-12-27(29-15-16)17(2)24-23(30-27)14-22-20-6-5-18-13-19(28)8-10-25(18,3)21(20)9-11-26(22,24)4/h16-24,28H,5-15H2,1-4H3/t16-,17-,18?,19+,20?,21-,22+,23-,24-,25-,26-,27+/m0/s1. The van der Waals surface area contributed by atoms with Crippen LogP contribution in [0.2, 0.25) is 0 Å². The number of fused-ring (bicyclic) bond motifs is 7. The van der Waals surface area contributed by atoms with Gasteiger partial charge >= 0.3 is 0 Å². The molecule has 0 aromatic rings. The highest BCUT2D eigenvalue weighted by Gasteiger charge is 2.69. The molecule has 2 unspecified atom stereocenters. The molecule has 6 rings (SSSR count). The molecule has 2 aliphatic heterocycles. The lowest BCUT2D eigenvalue weighted by Crippen LogP contribution is -2.55. The maximum atomic E-state index is 10.3. The first-order valence-corrected chi connectivity index (χ1v) is 13.3.